The van der Waals surface area contributed by atoms with Gasteiger partial charge >= 0.3 is 0 Å². The molecule has 0 saturated heterocycles. The fraction of sp³-hybridized carbons (Fsp3) is 0.222. The van der Waals surface area contributed by atoms with Crippen molar-refractivity contribution in [3.8, 4) is 11.8 Å². The number of carbonyl (C=O) groups excluding carboxylic acids is 1. The van der Waals surface area contributed by atoms with Gasteiger partial charge in [0.1, 0.15) is 11.6 Å². The van der Waals surface area contributed by atoms with Crippen molar-refractivity contribution in [3.05, 3.63) is 57.8 Å². The summed E-state index contributed by atoms with van der Waals surface area (Å²) in [6.45, 7) is 0.926. The largest absolute Gasteiger partial charge is 0.497 e. The third kappa shape index (κ3) is 5.19. The molecule has 7 heteroatoms. The first-order valence-electron chi connectivity index (χ1n) is 7.60. The molecular formula is C18H17BrFN3O2. The zero-order chi connectivity index (χ0) is 18.2. The molecule has 2 aromatic rings. The number of nitrogens with zero attached hydrogens (tertiary/aromatic N) is 1. The van der Waals surface area contributed by atoms with Crippen LogP contribution in [-0.2, 0) is 0 Å². The van der Waals surface area contributed by atoms with Crippen molar-refractivity contribution in [1.29, 1.82) is 5.26 Å². The van der Waals surface area contributed by atoms with E-state index < -0.39 is 5.82 Å². The minimum absolute atomic E-state index is 0.213. The monoisotopic (exact) mass is 405 g/mol. The maximum atomic E-state index is 13.7. The van der Waals surface area contributed by atoms with Crippen LogP contribution in [0, 0.1) is 17.1 Å². The zero-order valence-electron chi connectivity index (χ0n) is 13.6. The molecule has 0 atom stereocenters. The van der Waals surface area contributed by atoms with Gasteiger partial charge in [-0.05, 0) is 58.7 Å². The van der Waals surface area contributed by atoms with Gasteiger partial charge in [-0.15, -0.1) is 0 Å². The summed E-state index contributed by atoms with van der Waals surface area (Å²) in [5.74, 6) is -0.0787. The summed E-state index contributed by atoms with van der Waals surface area (Å²) in [5, 5.41) is 14.5. The van der Waals surface area contributed by atoms with Gasteiger partial charge in [-0.3, -0.25) is 4.79 Å². The van der Waals surface area contributed by atoms with Gasteiger partial charge < -0.3 is 15.4 Å². The lowest BCUT2D eigenvalue weighted by Crippen LogP contribution is -2.26. The van der Waals surface area contributed by atoms with Gasteiger partial charge in [-0.2, -0.15) is 5.26 Å². The van der Waals surface area contributed by atoms with Gasteiger partial charge in [0, 0.05) is 17.6 Å². The number of nitrogens with one attached hydrogen (secondary N) is 2. The standard InChI is InChI=1S/C18H17BrFN3O2/c1-25-13-4-5-15(19)14(10-13)18(24)23-8-2-7-22-17-6-3-12(11-21)9-16(17)20/h3-6,9-10,22H,2,7-8H2,1H3,(H,23,24). The lowest BCUT2D eigenvalue weighted by Gasteiger charge is -2.10. The summed E-state index contributed by atoms with van der Waals surface area (Å²) >= 11 is 3.34. The van der Waals surface area contributed by atoms with Crippen LogP contribution in [0.15, 0.2) is 40.9 Å². The molecule has 0 spiro atoms. The van der Waals surface area contributed by atoms with Crippen LogP contribution in [0.25, 0.3) is 0 Å². The van der Waals surface area contributed by atoms with Gasteiger partial charge in [-0.25, -0.2) is 4.39 Å². The van der Waals surface area contributed by atoms with Crippen molar-refractivity contribution in [2.45, 2.75) is 6.42 Å². The Morgan fingerprint density at radius 2 is 2.08 bits per heavy atom. The molecule has 2 aromatic carbocycles. The van der Waals surface area contributed by atoms with Crippen molar-refractivity contribution < 1.29 is 13.9 Å². The third-order valence-electron chi connectivity index (χ3n) is 3.47. The number of halogens is 2. The van der Waals surface area contributed by atoms with Crippen LogP contribution >= 0.6 is 15.9 Å². The van der Waals surface area contributed by atoms with E-state index in [0.29, 0.717) is 41.0 Å². The van der Waals surface area contributed by atoms with Crippen LogP contribution in [0.2, 0.25) is 0 Å². The summed E-state index contributed by atoms with van der Waals surface area (Å²) < 4.78 is 19.5. The van der Waals surface area contributed by atoms with Gasteiger partial charge in [0.2, 0.25) is 0 Å². The Kier molecular flexibility index (Phi) is 6.78. The van der Waals surface area contributed by atoms with Gasteiger partial charge in [-0.1, -0.05) is 0 Å². The average molecular weight is 406 g/mol. The highest BCUT2D eigenvalue weighted by Crippen LogP contribution is 2.22. The Balaban J connectivity index is 1.80. The fourth-order valence-electron chi connectivity index (χ4n) is 2.14. The van der Waals surface area contributed by atoms with E-state index in [1.54, 1.807) is 31.4 Å². The predicted octanol–water partition coefficient (Wildman–Crippen LogP) is 3.70. The van der Waals surface area contributed by atoms with E-state index in [1.807, 2.05) is 6.07 Å². The van der Waals surface area contributed by atoms with E-state index >= 15 is 0 Å². The van der Waals surface area contributed by atoms with Crippen molar-refractivity contribution in [3.63, 3.8) is 0 Å². The quantitative estimate of drug-likeness (QED) is 0.688. The van der Waals surface area contributed by atoms with Crippen molar-refractivity contribution in [2.75, 3.05) is 25.5 Å². The Morgan fingerprint density at radius 3 is 2.76 bits per heavy atom. The molecule has 2 N–H and O–H groups in total. The normalized spacial score (nSPS) is 10.0. The molecule has 2 rings (SSSR count). The molecule has 5 nitrogen and oxygen atoms in total. The summed E-state index contributed by atoms with van der Waals surface area (Å²) in [5.41, 5.74) is 1.10. The minimum atomic E-state index is -0.469. The number of nitriles is 1. The van der Waals surface area contributed by atoms with Crippen molar-refractivity contribution >= 4 is 27.5 Å². The molecule has 0 saturated carbocycles. The molecule has 25 heavy (non-hydrogen) atoms. The molecule has 0 radical (unpaired) electrons. The second kappa shape index (κ2) is 9.04. The van der Waals surface area contributed by atoms with Gasteiger partial charge in [0.25, 0.3) is 5.91 Å². The molecule has 0 aliphatic heterocycles. The summed E-state index contributed by atoms with van der Waals surface area (Å²) in [6, 6.07) is 11.3. The van der Waals surface area contributed by atoms with Crippen LogP contribution in [0.5, 0.6) is 5.75 Å². The average Bonchev–Trinajstić information content (AvgIpc) is 2.62. The summed E-state index contributed by atoms with van der Waals surface area (Å²) in [6.07, 6.45) is 0.618. The SMILES string of the molecule is COc1ccc(Br)c(C(=O)NCCCNc2ccc(C#N)cc2F)c1. The number of amides is 1. The topological polar surface area (TPSA) is 74.2 Å². The van der Waals surface area contributed by atoms with E-state index in [-0.39, 0.29) is 11.5 Å². The molecule has 0 unspecified atom stereocenters. The zero-order valence-corrected chi connectivity index (χ0v) is 15.2. The van der Waals surface area contributed by atoms with Gasteiger partial charge in [0.15, 0.2) is 0 Å². The number of ether oxygens (including phenoxy) is 1. The summed E-state index contributed by atoms with van der Waals surface area (Å²) in [4.78, 5) is 12.2. The number of hydrogen-bond donors (Lipinski definition) is 2. The Labute approximate surface area is 153 Å². The van der Waals surface area contributed by atoms with Crippen LogP contribution in [0.3, 0.4) is 0 Å². The molecule has 0 aliphatic rings. The highest BCUT2D eigenvalue weighted by atomic mass is 79.9. The van der Waals surface area contributed by atoms with Gasteiger partial charge in [0.05, 0.1) is 30.0 Å². The first-order valence-corrected chi connectivity index (χ1v) is 8.39. The molecule has 0 heterocycles. The number of hydrogen-bond acceptors (Lipinski definition) is 4. The first kappa shape index (κ1) is 18.7. The minimum Gasteiger partial charge on any atom is -0.497 e. The molecule has 0 fully saturated rings. The molecule has 1 amide bonds. The fourth-order valence-corrected chi connectivity index (χ4v) is 2.57. The third-order valence-corrected chi connectivity index (χ3v) is 4.16. The lowest BCUT2D eigenvalue weighted by molar-refractivity contribution is 0.0952. The van der Waals surface area contributed by atoms with Crippen molar-refractivity contribution in [1.82, 2.24) is 5.32 Å². The molecule has 0 aliphatic carbocycles. The Hall–Kier alpha value is -2.59. The second-order valence-corrected chi connectivity index (χ2v) is 6.04. The first-order chi connectivity index (χ1) is 12.0. The number of methoxy groups -OCH3 is 1. The van der Waals surface area contributed by atoms with Crippen LogP contribution in [0.1, 0.15) is 22.3 Å². The molecule has 0 bridgehead atoms. The van der Waals surface area contributed by atoms with E-state index in [0.717, 1.165) is 0 Å². The highest BCUT2D eigenvalue weighted by Gasteiger charge is 2.10. The maximum absolute atomic E-state index is 13.7. The van der Waals surface area contributed by atoms with E-state index in [2.05, 4.69) is 26.6 Å². The lowest BCUT2D eigenvalue weighted by atomic mass is 10.2. The molecule has 130 valence electrons. The Bertz CT molecular complexity index is 805. The molecule has 0 aromatic heterocycles. The van der Waals surface area contributed by atoms with E-state index in [1.165, 1.54) is 12.1 Å². The maximum Gasteiger partial charge on any atom is 0.252 e. The van der Waals surface area contributed by atoms with E-state index in [9.17, 15) is 9.18 Å². The Morgan fingerprint density at radius 1 is 1.28 bits per heavy atom. The second-order valence-electron chi connectivity index (χ2n) is 5.19. The van der Waals surface area contributed by atoms with Crippen molar-refractivity contribution in [2.24, 2.45) is 0 Å². The van der Waals surface area contributed by atoms with Crippen LogP contribution < -0.4 is 15.4 Å². The molecular weight excluding hydrogens is 389 g/mol. The van der Waals surface area contributed by atoms with E-state index in [4.69, 9.17) is 10.00 Å². The van der Waals surface area contributed by atoms with Crippen LogP contribution in [-0.4, -0.2) is 26.1 Å². The number of benzene rings is 2. The number of anilines is 1. The van der Waals surface area contributed by atoms with Crippen LogP contribution in [0.4, 0.5) is 10.1 Å². The smallest absolute Gasteiger partial charge is 0.252 e. The number of rotatable bonds is 7. The highest BCUT2D eigenvalue weighted by molar-refractivity contribution is 9.10. The summed E-state index contributed by atoms with van der Waals surface area (Å²) in [7, 11) is 1.54. The predicted molar refractivity (Wildman–Crippen MR) is 97.2 cm³/mol. The number of carbonyl (C=O) groups is 1.